The highest BCUT2D eigenvalue weighted by atomic mass is 32.2. The summed E-state index contributed by atoms with van der Waals surface area (Å²) >= 11 is 1.32. The molecule has 2 aromatic rings. The predicted octanol–water partition coefficient (Wildman–Crippen LogP) is 2.65. The van der Waals surface area contributed by atoms with E-state index in [0.29, 0.717) is 27.3 Å². The summed E-state index contributed by atoms with van der Waals surface area (Å²) in [6.45, 7) is 0.227. The van der Waals surface area contributed by atoms with Gasteiger partial charge in [0.2, 0.25) is 6.79 Å². The van der Waals surface area contributed by atoms with Crippen molar-refractivity contribution >= 4 is 34.6 Å². The third-order valence-electron chi connectivity index (χ3n) is 3.50. The molecule has 23 heavy (non-hydrogen) atoms. The SMILES string of the molecule is Cn1cccc1C=C1SC(=Nc2ccc3c(c2)OCO3)NC1=O. The van der Waals surface area contributed by atoms with Crippen molar-refractivity contribution in [1.82, 2.24) is 9.88 Å². The summed E-state index contributed by atoms with van der Waals surface area (Å²) in [5.74, 6) is 1.23. The van der Waals surface area contributed by atoms with Gasteiger partial charge < -0.3 is 19.4 Å². The largest absolute Gasteiger partial charge is 0.454 e. The number of rotatable bonds is 2. The van der Waals surface area contributed by atoms with E-state index in [1.165, 1.54) is 11.8 Å². The summed E-state index contributed by atoms with van der Waals surface area (Å²) in [7, 11) is 1.94. The van der Waals surface area contributed by atoms with Gasteiger partial charge in [0, 0.05) is 25.0 Å². The number of nitrogens with zero attached hydrogens (tertiary/aromatic N) is 2. The summed E-state index contributed by atoms with van der Waals surface area (Å²) in [4.78, 5) is 17.1. The summed E-state index contributed by atoms with van der Waals surface area (Å²) in [6, 6.07) is 9.32. The Bertz CT molecular complexity index is 854. The Morgan fingerprint density at radius 1 is 1.30 bits per heavy atom. The first kappa shape index (κ1) is 14.0. The number of carbonyl (C=O) groups is 1. The van der Waals surface area contributed by atoms with Crippen molar-refractivity contribution in [3.8, 4) is 11.5 Å². The topological polar surface area (TPSA) is 64.8 Å². The maximum Gasteiger partial charge on any atom is 0.264 e. The zero-order valence-corrected chi connectivity index (χ0v) is 13.1. The Kier molecular flexibility index (Phi) is 3.34. The minimum Gasteiger partial charge on any atom is -0.454 e. The first-order valence-electron chi connectivity index (χ1n) is 6.99. The molecular weight excluding hydrogens is 314 g/mol. The molecule has 0 aliphatic carbocycles. The van der Waals surface area contributed by atoms with Crippen molar-refractivity contribution in [3.63, 3.8) is 0 Å². The first-order valence-corrected chi connectivity index (χ1v) is 7.81. The van der Waals surface area contributed by atoms with Crippen molar-refractivity contribution in [2.75, 3.05) is 6.79 Å². The highest BCUT2D eigenvalue weighted by Gasteiger charge is 2.24. The highest BCUT2D eigenvalue weighted by Crippen LogP contribution is 2.36. The van der Waals surface area contributed by atoms with E-state index in [1.54, 1.807) is 6.07 Å². The quantitative estimate of drug-likeness (QED) is 0.861. The summed E-state index contributed by atoms with van der Waals surface area (Å²) in [5.41, 5.74) is 1.67. The maximum absolute atomic E-state index is 12.1. The molecule has 7 heteroatoms. The molecule has 116 valence electrons. The molecule has 4 rings (SSSR count). The number of fused-ring (bicyclic) bond motifs is 1. The number of nitrogens with one attached hydrogen (secondary N) is 1. The van der Waals surface area contributed by atoms with E-state index in [9.17, 15) is 4.79 Å². The normalized spacial score (nSPS) is 19.6. The van der Waals surface area contributed by atoms with E-state index in [2.05, 4.69) is 10.3 Å². The van der Waals surface area contributed by atoms with E-state index < -0.39 is 0 Å². The molecule has 1 fully saturated rings. The molecule has 1 saturated heterocycles. The number of aryl methyl sites for hydroxylation is 1. The number of aromatic nitrogens is 1. The predicted molar refractivity (Wildman–Crippen MR) is 88.8 cm³/mol. The van der Waals surface area contributed by atoms with Gasteiger partial charge in [-0.05, 0) is 42.1 Å². The molecule has 1 amide bonds. The van der Waals surface area contributed by atoms with Gasteiger partial charge in [-0.15, -0.1) is 0 Å². The van der Waals surface area contributed by atoms with Gasteiger partial charge in [0.05, 0.1) is 10.6 Å². The van der Waals surface area contributed by atoms with Crippen LogP contribution >= 0.6 is 11.8 Å². The van der Waals surface area contributed by atoms with Crippen LogP contribution in [-0.4, -0.2) is 22.4 Å². The Hall–Kier alpha value is -2.67. The number of aliphatic imine (C=N–C) groups is 1. The smallest absolute Gasteiger partial charge is 0.264 e. The van der Waals surface area contributed by atoms with Gasteiger partial charge in [-0.25, -0.2) is 4.99 Å². The van der Waals surface area contributed by atoms with Crippen LogP contribution < -0.4 is 14.8 Å². The molecule has 0 bridgehead atoms. The lowest BCUT2D eigenvalue weighted by molar-refractivity contribution is -0.115. The van der Waals surface area contributed by atoms with Crippen LogP contribution in [0, 0.1) is 0 Å². The number of hydrogen-bond donors (Lipinski definition) is 1. The molecule has 0 spiro atoms. The van der Waals surface area contributed by atoms with Gasteiger partial charge in [-0.3, -0.25) is 4.79 Å². The third-order valence-corrected chi connectivity index (χ3v) is 4.41. The van der Waals surface area contributed by atoms with Gasteiger partial charge in [-0.2, -0.15) is 0 Å². The molecule has 0 unspecified atom stereocenters. The van der Waals surface area contributed by atoms with E-state index >= 15 is 0 Å². The fourth-order valence-corrected chi connectivity index (χ4v) is 3.14. The molecule has 1 aromatic carbocycles. The van der Waals surface area contributed by atoms with Crippen molar-refractivity contribution in [2.24, 2.45) is 12.0 Å². The Balaban J connectivity index is 1.58. The number of ether oxygens (including phenoxy) is 2. The summed E-state index contributed by atoms with van der Waals surface area (Å²) in [5, 5.41) is 3.33. The van der Waals surface area contributed by atoms with Gasteiger partial charge >= 0.3 is 0 Å². The number of carbonyl (C=O) groups excluding carboxylic acids is 1. The van der Waals surface area contributed by atoms with E-state index in [4.69, 9.17) is 9.47 Å². The minimum absolute atomic E-state index is 0.143. The maximum atomic E-state index is 12.1. The number of amidine groups is 1. The van der Waals surface area contributed by atoms with Crippen LogP contribution in [0.4, 0.5) is 5.69 Å². The van der Waals surface area contributed by atoms with Crippen LogP contribution in [0.25, 0.3) is 6.08 Å². The van der Waals surface area contributed by atoms with E-state index in [-0.39, 0.29) is 12.7 Å². The summed E-state index contributed by atoms with van der Waals surface area (Å²) < 4.78 is 12.6. The number of thioether (sulfide) groups is 1. The lowest BCUT2D eigenvalue weighted by Gasteiger charge is -1.99. The van der Waals surface area contributed by atoms with Crippen molar-refractivity contribution in [1.29, 1.82) is 0 Å². The zero-order chi connectivity index (χ0) is 15.8. The molecule has 1 N–H and O–H groups in total. The lowest BCUT2D eigenvalue weighted by Crippen LogP contribution is -2.19. The zero-order valence-electron chi connectivity index (χ0n) is 12.3. The molecule has 0 saturated carbocycles. The van der Waals surface area contributed by atoms with Gasteiger partial charge in [0.25, 0.3) is 5.91 Å². The van der Waals surface area contributed by atoms with Crippen molar-refractivity contribution < 1.29 is 14.3 Å². The lowest BCUT2D eigenvalue weighted by atomic mass is 10.3. The van der Waals surface area contributed by atoms with Crippen LogP contribution in [-0.2, 0) is 11.8 Å². The number of hydrogen-bond acceptors (Lipinski definition) is 5. The molecule has 0 atom stereocenters. The second-order valence-corrected chi connectivity index (χ2v) is 6.09. The molecule has 3 heterocycles. The van der Waals surface area contributed by atoms with Gasteiger partial charge in [-0.1, -0.05) is 0 Å². The number of amides is 1. The summed E-state index contributed by atoms with van der Waals surface area (Å²) in [6.07, 6.45) is 3.79. The standard InChI is InChI=1S/C16H13N3O3S/c1-19-6-2-3-11(19)8-14-15(20)18-16(23-14)17-10-4-5-12-13(7-10)22-9-21-12/h2-8H,9H2,1H3,(H,17,18,20). The highest BCUT2D eigenvalue weighted by molar-refractivity contribution is 8.18. The average Bonchev–Trinajstić information content (AvgIpc) is 3.22. The molecule has 1 aromatic heterocycles. The van der Waals surface area contributed by atoms with E-state index in [1.807, 2.05) is 48.2 Å². The minimum atomic E-state index is -0.143. The Morgan fingerprint density at radius 3 is 3.00 bits per heavy atom. The van der Waals surface area contributed by atoms with Crippen LogP contribution in [0.15, 0.2) is 46.4 Å². The van der Waals surface area contributed by atoms with Crippen molar-refractivity contribution in [2.45, 2.75) is 0 Å². The van der Waals surface area contributed by atoms with Crippen LogP contribution in [0.3, 0.4) is 0 Å². The second-order valence-electron chi connectivity index (χ2n) is 5.06. The van der Waals surface area contributed by atoms with E-state index in [0.717, 1.165) is 5.69 Å². The van der Waals surface area contributed by atoms with Crippen LogP contribution in [0.5, 0.6) is 11.5 Å². The molecule has 2 aliphatic heterocycles. The fourth-order valence-electron chi connectivity index (χ4n) is 2.31. The number of benzene rings is 1. The molecule has 2 aliphatic rings. The molecule has 6 nitrogen and oxygen atoms in total. The van der Waals surface area contributed by atoms with Gasteiger partial charge in [0.15, 0.2) is 16.7 Å². The van der Waals surface area contributed by atoms with Crippen molar-refractivity contribution in [3.05, 3.63) is 47.1 Å². The molecule has 0 radical (unpaired) electrons. The monoisotopic (exact) mass is 327 g/mol. The van der Waals surface area contributed by atoms with Crippen LogP contribution in [0.2, 0.25) is 0 Å². The second kappa shape index (κ2) is 5.51. The van der Waals surface area contributed by atoms with Crippen LogP contribution in [0.1, 0.15) is 5.69 Å². The fraction of sp³-hybridized carbons (Fsp3) is 0.125. The molecular formula is C16H13N3O3S. The Morgan fingerprint density at radius 2 is 2.17 bits per heavy atom. The third kappa shape index (κ3) is 2.70. The Labute approximate surface area is 136 Å². The first-order chi connectivity index (χ1) is 11.2. The average molecular weight is 327 g/mol. The van der Waals surface area contributed by atoms with Gasteiger partial charge in [0.1, 0.15) is 0 Å².